The first-order valence-corrected chi connectivity index (χ1v) is 9.11. The van der Waals surface area contributed by atoms with Crippen LogP contribution in [0.4, 0.5) is 5.82 Å². The van der Waals surface area contributed by atoms with Gasteiger partial charge in [-0.2, -0.15) is 0 Å². The Hall–Kier alpha value is -1.24. The molecule has 3 rings (SSSR count). The molecule has 0 aliphatic heterocycles. The zero-order valence-corrected chi connectivity index (χ0v) is 15.2. The zero-order valence-electron chi connectivity index (χ0n) is 14.3. The van der Waals surface area contributed by atoms with E-state index in [2.05, 4.69) is 37.7 Å². The minimum Gasteiger partial charge on any atom is -0.393 e. The SMILES string of the molecule is Cc1sc2nc(C(C)N(C)CC3CCCC3O)nc(N)c2c1C. The largest absolute Gasteiger partial charge is 0.393 e. The Labute approximate surface area is 141 Å². The molecule has 0 bridgehead atoms. The van der Waals surface area contributed by atoms with E-state index in [9.17, 15) is 5.11 Å². The number of rotatable bonds is 4. The van der Waals surface area contributed by atoms with E-state index >= 15 is 0 Å². The monoisotopic (exact) mass is 334 g/mol. The summed E-state index contributed by atoms with van der Waals surface area (Å²) in [5.74, 6) is 1.70. The lowest BCUT2D eigenvalue weighted by atomic mass is 10.0. The highest BCUT2D eigenvalue weighted by molar-refractivity contribution is 7.18. The van der Waals surface area contributed by atoms with Gasteiger partial charge in [0.15, 0.2) is 0 Å². The van der Waals surface area contributed by atoms with Crippen LogP contribution in [-0.4, -0.2) is 39.7 Å². The Balaban J connectivity index is 1.84. The molecule has 1 saturated carbocycles. The van der Waals surface area contributed by atoms with E-state index in [1.807, 2.05) is 0 Å². The Morgan fingerprint density at radius 1 is 1.35 bits per heavy atom. The van der Waals surface area contributed by atoms with Gasteiger partial charge in [0.1, 0.15) is 16.5 Å². The molecule has 3 atom stereocenters. The van der Waals surface area contributed by atoms with Crippen LogP contribution in [0.3, 0.4) is 0 Å². The number of anilines is 1. The van der Waals surface area contributed by atoms with Crippen LogP contribution in [0.25, 0.3) is 10.2 Å². The minimum atomic E-state index is -0.166. The summed E-state index contributed by atoms with van der Waals surface area (Å²) < 4.78 is 0. The van der Waals surface area contributed by atoms with E-state index in [-0.39, 0.29) is 12.1 Å². The second kappa shape index (κ2) is 6.34. The summed E-state index contributed by atoms with van der Waals surface area (Å²) in [6.07, 6.45) is 2.98. The number of fused-ring (bicyclic) bond motifs is 1. The van der Waals surface area contributed by atoms with Crippen molar-refractivity contribution in [1.82, 2.24) is 14.9 Å². The topological polar surface area (TPSA) is 75.3 Å². The van der Waals surface area contributed by atoms with Crippen LogP contribution in [-0.2, 0) is 0 Å². The predicted octanol–water partition coefficient (Wildman–Crippen LogP) is 3.04. The van der Waals surface area contributed by atoms with Crippen molar-refractivity contribution in [3.05, 3.63) is 16.3 Å². The number of hydrogen-bond donors (Lipinski definition) is 2. The number of aliphatic hydroxyl groups excluding tert-OH is 1. The van der Waals surface area contributed by atoms with E-state index in [4.69, 9.17) is 10.7 Å². The molecule has 0 amide bonds. The number of aromatic nitrogens is 2. The lowest BCUT2D eigenvalue weighted by Crippen LogP contribution is -2.32. The van der Waals surface area contributed by atoms with Gasteiger partial charge in [0.2, 0.25) is 0 Å². The number of aryl methyl sites for hydroxylation is 2. The molecular formula is C17H26N4OS. The molecule has 0 spiro atoms. The molecule has 2 aromatic rings. The summed E-state index contributed by atoms with van der Waals surface area (Å²) in [6, 6.07) is 0.0808. The highest BCUT2D eigenvalue weighted by Gasteiger charge is 2.28. The molecule has 23 heavy (non-hydrogen) atoms. The van der Waals surface area contributed by atoms with Gasteiger partial charge >= 0.3 is 0 Å². The fourth-order valence-electron chi connectivity index (χ4n) is 3.44. The lowest BCUT2D eigenvalue weighted by molar-refractivity contribution is 0.0978. The predicted molar refractivity (Wildman–Crippen MR) is 95.7 cm³/mol. The van der Waals surface area contributed by atoms with Crippen LogP contribution >= 0.6 is 11.3 Å². The fraction of sp³-hybridized carbons (Fsp3) is 0.647. The lowest BCUT2D eigenvalue weighted by Gasteiger charge is -2.27. The van der Waals surface area contributed by atoms with Crippen molar-refractivity contribution in [1.29, 1.82) is 0 Å². The maximum absolute atomic E-state index is 10.0. The van der Waals surface area contributed by atoms with Crippen molar-refractivity contribution < 1.29 is 5.11 Å². The normalized spacial score (nSPS) is 23.0. The van der Waals surface area contributed by atoms with Gasteiger partial charge in [0.05, 0.1) is 17.5 Å². The molecule has 0 radical (unpaired) electrons. The molecule has 1 aliphatic rings. The summed E-state index contributed by atoms with van der Waals surface area (Å²) in [6.45, 7) is 7.14. The average Bonchev–Trinajstić information content (AvgIpc) is 3.02. The van der Waals surface area contributed by atoms with Crippen molar-refractivity contribution in [3.8, 4) is 0 Å². The third-order valence-electron chi connectivity index (χ3n) is 5.25. The molecule has 3 N–H and O–H groups in total. The number of nitrogens with two attached hydrogens (primary N) is 1. The van der Waals surface area contributed by atoms with Gasteiger partial charge in [0.25, 0.3) is 0 Å². The third-order valence-corrected chi connectivity index (χ3v) is 6.35. The maximum Gasteiger partial charge on any atom is 0.149 e. The van der Waals surface area contributed by atoms with Gasteiger partial charge in [-0.25, -0.2) is 9.97 Å². The highest BCUT2D eigenvalue weighted by atomic mass is 32.1. The van der Waals surface area contributed by atoms with Crippen LogP contribution in [0.2, 0.25) is 0 Å². The van der Waals surface area contributed by atoms with Crippen LogP contribution in [0, 0.1) is 19.8 Å². The van der Waals surface area contributed by atoms with Crippen LogP contribution in [0.5, 0.6) is 0 Å². The number of nitrogen functional groups attached to an aromatic ring is 1. The van der Waals surface area contributed by atoms with E-state index < -0.39 is 0 Å². The smallest absolute Gasteiger partial charge is 0.149 e. The number of hydrogen-bond acceptors (Lipinski definition) is 6. The minimum absolute atomic E-state index is 0.0808. The van der Waals surface area contributed by atoms with Crippen LogP contribution in [0.15, 0.2) is 0 Å². The van der Waals surface area contributed by atoms with Gasteiger partial charge in [-0.1, -0.05) is 6.42 Å². The van der Waals surface area contributed by atoms with E-state index in [1.165, 1.54) is 10.4 Å². The molecule has 1 fully saturated rings. The first-order chi connectivity index (χ1) is 10.9. The summed E-state index contributed by atoms with van der Waals surface area (Å²) in [4.78, 5) is 13.8. The van der Waals surface area contributed by atoms with E-state index in [1.54, 1.807) is 11.3 Å². The van der Waals surface area contributed by atoms with Crippen molar-refractivity contribution in [2.75, 3.05) is 19.3 Å². The standard InChI is InChI=1S/C17H26N4OS/c1-9-11(3)23-17-14(9)15(18)19-16(20-17)10(2)21(4)8-12-6-5-7-13(12)22/h10,12-13,22H,5-8H2,1-4H3,(H2,18,19,20). The van der Waals surface area contributed by atoms with E-state index in [0.717, 1.165) is 41.8 Å². The highest BCUT2D eigenvalue weighted by Crippen LogP contribution is 2.34. The molecule has 3 unspecified atom stereocenters. The quantitative estimate of drug-likeness (QED) is 0.899. The molecule has 2 aromatic heterocycles. The van der Waals surface area contributed by atoms with Crippen molar-refractivity contribution in [2.45, 2.75) is 52.2 Å². The zero-order chi connectivity index (χ0) is 16.7. The second-order valence-electron chi connectivity index (χ2n) is 6.80. The van der Waals surface area contributed by atoms with Crippen molar-refractivity contribution in [2.24, 2.45) is 5.92 Å². The summed E-state index contributed by atoms with van der Waals surface area (Å²) >= 11 is 1.68. The Kier molecular flexibility index (Phi) is 4.58. The first-order valence-electron chi connectivity index (χ1n) is 8.30. The Bertz CT molecular complexity index is 714. The summed E-state index contributed by atoms with van der Waals surface area (Å²) in [7, 11) is 2.07. The number of nitrogens with zero attached hydrogens (tertiary/aromatic N) is 3. The van der Waals surface area contributed by atoms with Crippen LogP contribution < -0.4 is 5.73 Å². The van der Waals surface area contributed by atoms with Gasteiger partial charge < -0.3 is 10.8 Å². The summed E-state index contributed by atoms with van der Waals surface area (Å²) in [5, 5.41) is 11.0. The Morgan fingerprint density at radius 3 is 2.74 bits per heavy atom. The van der Waals surface area contributed by atoms with Gasteiger partial charge in [-0.3, -0.25) is 4.90 Å². The number of aliphatic hydroxyl groups is 1. The molecule has 0 aromatic carbocycles. The van der Waals surface area contributed by atoms with Crippen molar-refractivity contribution in [3.63, 3.8) is 0 Å². The Morgan fingerprint density at radius 2 is 2.09 bits per heavy atom. The molecule has 2 heterocycles. The molecule has 5 nitrogen and oxygen atoms in total. The molecule has 6 heteroatoms. The first kappa shape index (κ1) is 16.6. The van der Waals surface area contributed by atoms with Gasteiger partial charge in [-0.15, -0.1) is 11.3 Å². The second-order valence-corrected chi connectivity index (χ2v) is 8.01. The van der Waals surface area contributed by atoms with Gasteiger partial charge in [0, 0.05) is 11.4 Å². The fourth-order valence-corrected chi connectivity index (χ4v) is 4.48. The average molecular weight is 334 g/mol. The van der Waals surface area contributed by atoms with Crippen molar-refractivity contribution >= 4 is 27.4 Å². The maximum atomic E-state index is 10.0. The third kappa shape index (κ3) is 3.07. The van der Waals surface area contributed by atoms with Gasteiger partial charge in [-0.05, 0) is 52.1 Å². The summed E-state index contributed by atoms with van der Waals surface area (Å²) in [5.41, 5.74) is 7.38. The van der Waals surface area contributed by atoms with E-state index in [0.29, 0.717) is 11.7 Å². The molecule has 1 aliphatic carbocycles. The van der Waals surface area contributed by atoms with Crippen LogP contribution in [0.1, 0.15) is 48.5 Å². The molecule has 126 valence electrons. The molecule has 0 saturated heterocycles. The molecular weight excluding hydrogens is 308 g/mol. The number of thiophene rings is 1.